The molecule has 40 valence electrons. The first-order chi connectivity index (χ1) is 5.55. The Hall–Kier alpha value is -0.790. The van der Waals surface area contributed by atoms with Crippen molar-refractivity contribution in [3.8, 4) is 0 Å². The molecule has 0 heterocycles. The number of allylic oxidation sites excluding steroid dienone is 1. The summed E-state index contributed by atoms with van der Waals surface area (Å²) in [5.74, 6) is -1.58. The van der Waals surface area contributed by atoms with Crippen LogP contribution in [0, 0.1) is 0 Å². The number of carboxylic acids is 1. The maximum Gasteiger partial charge on any atom is 0.328 e. The molecular weight excluding hydrogens is 92.1 g/mol. The molecule has 0 spiro atoms. The Kier molecular flexibility index (Phi) is 0.459. The van der Waals surface area contributed by atoms with Gasteiger partial charge in [0.05, 0.1) is 0 Å². The minimum Gasteiger partial charge on any atom is -0.478 e. The SMILES string of the molecule is [2H]C([2H])([2H])C(=CC(=O)O)C([2H])([2H])[2H]. The molecule has 0 aliphatic heterocycles. The number of aliphatic carboxylic acids is 1. The molecule has 2 nitrogen and oxygen atoms in total. The van der Waals surface area contributed by atoms with Gasteiger partial charge in [-0.25, -0.2) is 4.79 Å². The summed E-state index contributed by atoms with van der Waals surface area (Å²) in [5, 5.41) is 8.23. The van der Waals surface area contributed by atoms with E-state index in [9.17, 15) is 4.79 Å². The lowest BCUT2D eigenvalue weighted by Crippen LogP contribution is -1.86. The third-order valence-electron chi connectivity index (χ3n) is 0.268. The summed E-state index contributed by atoms with van der Waals surface area (Å²) < 4.78 is 40.7. The molecule has 7 heavy (non-hydrogen) atoms. The second kappa shape index (κ2) is 2.39. The molecule has 2 heteroatoms. The Morgan fingerprint density at radius 2 is 2.43 bits per heavy atom. The van der Waals surface area contributed by atoms with E-state index in [2.05, 4.69) is 0 Å². The highest BCUT2D eigenvalue weighted by Gasteiger charge is 1.83. The summed E-state index contributed by atoms with van der Waals surface area (Å²) in [6.45, 7) is -5.80. The van der Waals surface area contributed by atoms with Crippen molar-refractivity contribution in [1.29, 1.82) is 0 Å². The maximum atomic E-state index is 10.1. The summed E-state index contributed by atoms with van der Waals surface area (Å²) in [6.07, 6.45) is 0.208. The molecule has 0 saturated heterocycles. The number of carbonyl (C=O) groups is 1. The molecule has 0 radical (unpaired) electrons. The van der Waals surface area contributed by atoms with Gasteiger partial charge in [-0.2, -0.15) is 0 Å². The molecule has 0 saturated carbocycles. The highest BCUT2D eigenvalue weighted by Crippen LogP contribution is 1.85. The molecule has 0 unspecified atom stereocenters. The summed E-state index contributed by atoms with van der Waals surface area (Å²) in [7, 11) is 0. The van der Waals surface area contributed by atoms with Crippen molar-refractivity contribution in [2.24, 2.45) is 0 Å². The van der Waals surface area contributed by atoms with Crippen LogP contribution >= 0.6 is 0 Å². The average Bonchev–Trinajstić information content (AvgIpc) is 1.77. The second-order valence-electron chi connectivity index (χ2n) is 0.896. The van der Waals surface area contributed by atoms with Crippen molar-refractivity contribution in [2.45, 2.75) is 13.7 Å². The molecule has 0 bridgehead atoms. The van der Waals surface area contributed by atoms with E-state index >= 15 is 0 Å². The van der Waals surface area contributed by atoms with Crippen molar-refractivity contribution < 1.29 is 18.1 Å². The van der Waals surface area contributed by atoms with Crippen molar-refractivity contribution in [3.05, 3.63) is 11.6 Å². The summed E-state index contributed by atoms with van der Waals surface area (Å²) in [5.41, 5.74) is -1.03. The van der Waals surface area contributed by atoms with Gasteiger partial charge in [-0.15, -0.1) is 0 Å². The lowest BCUT2D eigenvalue weighted by Gasteiger charge is -1.79. The molecule has 0 aromatic heterocycles. The van der Waals surface area contributed by atoms with Gasteiger partial charge < -0.3 is 5.11 Å². The molecule has 0 aromatic rings. The predicted molar refractivity (Wildman–Crippen MR) is 27.1 cm³/mol. The molecule has 0 aromatic carbocycles. The zero-order valence-corrected chi connectivity index (χ0v) is 3.43. The Bertz CT molecular complexity index is 218. The Morgan fingerprint density at radius 3 is 2.57 bits per heavy atom. The van der Waals surface area contributed by atoms with E-state index in [-0.39, 0.29) is 6.08 Å². The normalized spacial score (nSPS) is 24.0. The minimum absolute atomic E-state index is 0.208. The van der Waals surface area contributed by atoms with Crippen LogP contribution in [-0.2, 0) is 4.79 Å². The van der Waals surface area contributed by atoms with Crippen molar-refractivity contribution in [2.75, 3.05) is 0 Å². The van der Waals surface area contributed by atoms with E-state index in [1.54, 1.807) is 0 Å². The fourth-order valence-corrected chi connectivity index (χ4v) is 0.123. The lowest BCUT2D eigenvalue weighted by molar-refractivity contribution is -0.131. The highest BCUT2D eigenvalue weighted by molar-refractivity contribution is 5.80. The fraction of sp³-hybridized carbons (Fsp3) is 0.400. The topological polar surface area (TPSA) is 37.3 Å². The molecule has 0 atom stereocenters. The van der Waals surface area contributed by atoms with Crippen LogP contribution in [0.5, 0.6) is 0 Å². The second-order valence-corrected chi connectivity index (χ2v) is 0.896. The van der Waals surface area contributed by atoms with Gasteiger partial charge in [0, 0.05) is 14.3 Å². The van der Waals surface area contributed by atoms with Crippen LogP contribution < -0.4 is 0 Å². The molecule has 0 aliphatic carbocycles. The van der Waals surface area contributed by atoms with Crippen LogP contribution in [0.25, 0.3) is 0 Å². The minimum atomic E-state index is -2.90. The van der Waals surface area contributed by atoms with Crippen LogP contribution in [0.1, 0.15) is 21.9 Å². The first-order valence-corrected chi connectivity index (χ1v) is 1.51. The van der Waals surface area contributed by atoms with E-state index in [0.29, 0.717) is 0 Å². The summed E-state index contributed by atoms with van der Waals surface area (Å²) >= 11 is 0. The van der Waals surface area contributed by atoms with Crippen molar-refractivity contribution >= 4 is 5.97 Å². The molecule has 0 amide bonds. The van der Waals surface area contributed by atoms with Crippen LogP contribution in [-0.4, -0.2) is 11.1 Å². The monoisotopic (exact) mass is 106 g/mol. The van der Waals surface area contributed by atoms with Gasteiger partial charge in [0.1, 0.15) is 0 Å². The predicted octanol–water partition coefficient (Wildman–Crippen LogP) is 1.04. The largest absolute Gasteiger partial charge is 0.478 e. The Balaban J connectivity index is 5.13. The quantitative estimate of drug-likeness (QED) is 0.507. The van der Waals surface area contributed by atoms with Gasteiger partial charge >= 0.3 is 5.97 Å². The zero-order valence-electron chi connectivity index (χ0n) is 9.43. The molecule has 1 N–H and O–H groups in total. The summed E-state index contributed by atoms with van der Waals surface area (Å²) in [6, 6.07) is 0. The van der Waals surface area contributed by atoms with Gasteiger partial charge in [0.15, 0.2) is 0 Å². The van der Waals surface area contributed by atoms with E-state index in [4.69, 9.17) is 13.3 Å². The third-order valence-corrected chi connectivity index (χ3v) is 0.268. The van der Waals surface area contributed by atoms with E-state index in [1.165, 1.54) is 0 Å². The zero-order chi connectivity index (χ0) is 10.9. The van der Waals surface area contributed by atoms with Gasteiger partial charge in [0.25, 0.3) is 0 Å². The lowest BCUT2D eigenvalue weighted by atomic mass is 10.3. The van der Waals surface area contributed by atoms with Crippen LogP contribution in [0.2, 0.25) is 0 Å². The molecule has 0 rings (SSSR count). The first-order valence-electron chi connectivity index (χ1n) is 4.51. The van der Waals surface area contributed by atoms with E-state index in [0.717, 1.165) is 0 Å². The Morgan fingerprint density at radius 1 is 1.86 bits per heavy atom. The van der Waals surface area contributed by atoms with Crippen molar-refractivity contribution in [1.82, 2.24) is 0 Å². The number of hydrogen-bond acceptors (Lipinski definition) is 1. The maximum absolute atomic E-state index is 10.1. The number of rotatable bonds is 1. The third kappa shape index (κ3) is 5.21. The number of hydrogen-bond donors (Lipinski definition) is 1. The van der Waals surface area contributed by atoms with Gasteiger partial charge in [-0.05, 0) is 13.7 Å². The average molecular weight is 106 g/mol. The molecular formula is C5H8O2. The van der Waals surface area contributed by atoms with E-state index < -0.39 is 25.2 Å². The van der Waals surface area contributed by atoms with Crippen molar-refractivity contribution in [3.63, 3.8) is 0 Å². The van der Waals surface area contributed by atoms with Gasteiger partial charge in [-0.3, -0.25) is 0 Å². The standard InChI is InChI=1S/C5H8O2/c1-4(2)3-5(6)7/h3H,1-2H3,(H,6,7)/i1D3,2D3. The van der Waals surface area contributed by atoms with Gasteiger partial charge in [-0.1, -0.05) is 5.57 Å². The molecule has 0 aliphatic rings. The first kappa shape index (κ1) is 1.34. The fourth-order valence-electron chi connectivity index (χ4n) is 0.123. The summed E-state index contributed by atoms with van der Waals surface area (Å²) in [4.78, 5) is 10.1. The van der Waals surface area contributed by atoms with E-state index in [1.807, 2.05) is 0 Å². The van der Waals surface area contributed by atoms with Crippen LogP contribution in [0.3, 0.4) is 0 Å². The van der Waals surface area contributed by atoms with Crippen LogP contribution in [0.15, 0.2) is 11.6 Å². The van der Waals surface area contributed by atoms with Gasteiger partial charge in [0.2, 0.25) is 0 Å². The molecule has 0 fully saturated rings. The van der Waals surface area contributed by atoms with Crippen LogP contribution in [0.4, 0.5) is 0 Å². The smallest absolute Gasteiger partial charge is 0.328 e. The Labute approximate surface area is 50.9 Å². The highest BCUT2D eigenvalue weighted by atomic mass is 16.4. The number of carboxylic acid groups (broad SMARTS) is 1.